The molecule has 0 aliphatic carbocycles. The zero-order valence-electron chi connectivity index (χ0n) is 8.43. The summed E-state index contributed by atoms with van der Waals surface area (Å²) in [6, 6.07) is 4.66. The van der Waals surface area contributed by atoms with Gasteiger partial charge in [-0.2, -0.15) is 0 Å². The maximum atomic E-state index is 12.6. The van der Waals surface area contributed by atoms with Crippen LogP contribution in [0.15, 0.2) is 18.2 Å². The molecule has 0 bridgehead atoms. The molecule has 0 N–H and O–H groups in total. The molecule has 1 atom stereocenters. The molecule has 1 unspecified atom stereocenters. The summed E-state index contributed by atoms with van der Waals surface area (Å²) >= 11 is 3.16. The van der Waals surface area contributed by atoms with Crippen LogP contribution in [0.25, 0.3) is 0 Å². The fourth-order valence-corrected chi connectivity index (χ4v) is 1.57. The lowest BCUT2D eigenvalue weighted by Crippen LogP contribution is -2.02. The fraction of sp³-hybridized carbons (Fsp3) is 0.364. The average molecular weight is 277 g/mol. The minimum Gasteiger partial charge on any atom is -0.298 e. The summed E-state index contributed by atoms with van der Waals surface area (Å²) in [5.74, 6) is -0.0981. The molecule has 0 saturated carbocycles. The molecule has 1 nitrogen and oxygen atoms in total. The number of Topliss-reactive ketones (excluding diaryl/α,β-unsaturated/α-hetero) is 1. The number of rotatable bonds is 3. The SMILES string of the molecule is CC(=O)C(Br)c1ccc(C)c(C(F)F)c1. The van der Waals surface area contributed by atoms with Crippen molar-refractivity contribution in [2.24, 2.45) is 0 Å². The van der Waals surface area contributed by atoms with Gasteiger partial charge in [0.1, 0.15) is 5.78 Å². The first kappa shape index (κ1) is 12.3. The summed E-state index contributed by atoms with van der Waals surface area (Å²) in [6.07, 6.45) is -2.50. The predicted octanol–water partition coefficient (Wildman–Crippen LogP) is 3.96. The van der Waals surface area contributed by atoms with Crippen LogP contribution < -0.4 is 0 Å². The van der Waals surface area contributed by atoms with E-state index in [4.69, 9.17) is 0 Å². The molecule has 1 aromatic carbocycles. The van der Waals surface area contributed by atoms with Crippen LogP contribution in [0.4, 0.5) is 8.78 Å². The fourth-order valence-electron chi connectivity index (χ4n) is 1.29. The number of aryl methyl sites for hydroxylation is 1. The van der Waals surface area contributed by atoms with Crippen molar-refractivity contribution in [2.45, 2.75) is 25.1 Å². The molecule has 1 rings (SSSR count). The van der Waals surface area contributed by atoms with E-state index < -0.39 is 11.3 Å². The Balaban J connectivity index is 3.13. The number of alkyl halides is 3. The van der Waals surface area contributed by atoms with Crippen molar-refractivity contribution in [3.05, 3.63) is 34.9 Å². The molecule has 0 fully saturated rings. The van der Waals surface area contributed by atoms with E-state index in [0.29, 0.717) is 11.1 Å². The quantitative estimate of drug-likeness (QED) is 0.764. The number of benzene rings is 1. The summed E-state index contributed by atoms with van der Waals surface area (Å²) in [4.78, 5) is 10.6. The summed E-state index contributed by atoms with van der Waals surface area (Å²) in [6.45, 7) is 3.05. The van der Waals surface area contributed by atoms with Crippen LogP contribution in [-0.2, 0) is 4.79 Å². The van der Waals surface area contributed by atoms with Gasteiger partial charge in [0.25, 0.3) is 6.43 Å². The molecule has 0 heterocycles. The summed E-state index contributed by atoms with van der Waals surface area (Å²) in [5.41, 5.74) is 1.10. The molecule has 1 aromatic rings. The standard InChI is InChI=1S/C11H11BrF2O/c1-6-3-4-8(10(12)7(2)15)5-9(6)11(13)14/h3-5,10-11H,1-2H3. The lowest BCUT2D eigenvalue weighted by Gasteiger charge is -2.10. The van der Waals surface area contributed by atoms with Crippen LogP contribution in [0.5, 0.6) is 0 Å². The Hall–Kier alpha value is -0.770. The number of carbonyl (C=O) groups excluding carboxylic acids is 1. The third-order valence-corrected chi connectivity index (χ3v) is 3.36. The molecule has 0 aliphatic heterocycles. The molecular weight excluding hydrogens is 266 g/mol. The van der Waals surface area contributed by atoms with Gasteiger partial charge in [-0.3, -0.25) is 4.79 Å². The topological polar surface area (TPSA) is 17.1 Å². The second-order valence-electron chi connectivity index (χ2n) is 3.39. The van der Waals surface area contributed by atoms with Gasteiger partial charge in [-0.25, -0.2) is 8.78 Å². The van der Waals surface area contributed by atoms with E-state index >= 15 is 0 Å². The van der Waals surface area contributed by atoms with Crippen LogP contribution in [0.2, 0.25) is 0 Å². The van der Waals surface area contributed by atoms with Crippen LogP contribution in [0.3, 0.4) is 0 Å². The highest BCUT2D eigenvalue weighted by Crippen LogP contribution is 2.29. The molecule has 0 radical (unpaired) electrons. The first-order chi connectivity index (χ1) is 6.93. The van der Waals surface area contributed by atoms with E-state index in [1.54, 1.807) is 19.1 Å². The van der Waals surface area contributed by atoms with Crippen LogP contribution in [0.1, 0.15) is 34.9 Å². The van der Waals surface area contributed by atoms with Crippen molar-refractivity contribution in [1.29, 1.82) is 0 Å². The maximum absolute atomic E-state index is 12.6. The van der Waals surface area contributed by atoms with Crippen molar-refractivity contribution < 1.29 is 13.6 Å². The van der Waals surface area contributed by atoms with Crippen molar-refractivity contribution in [3.63, 3.8) is 0 Å². The Kier molecular flexibility index (Phi) is 3.97. The van der Waals surface area contributed by atoms with Gasteiger partial charge < -0.3 is 0 Å². The van der Waals surface area contributed by atoms with E-state index in [2.05, 4.69) is 15.9 Å². The highest BCUT2D eigenvalue weighted by Gasteiger charge is 2.16. The van der Waals surface area contributed by atoms with Gasteiger partial charge in [0.15, 0.2) is 0 Å². The molecule has 0 saturated heterocycles. The monoisotopic (exact) mass is 276 g/mol. The Bertz CT molecular complexity index is 377. The first-order valence-electron chi connectivity index (χ1n) is 4.46. The number of halogens is 3. The van der Waals surface area contributed by atoms with Gasteiger partial charge in [0.05, 0.1) is 4.83 Å². The zero-order valence-corrected chi connectivity index (χ0v) is 10.0. The minimum atomic E-state index is -2.50. The number of ketones is 1. The van der Waals surface area contributed by atoms with Crippen molar-refractivity contribution in [1.82, 2.24) is 0 Å². The van der Waals surface area contributed by atoms with E-state index in [1.807, 2.05) is 0 Å². The predicted molar refractivity (Wildman–Crippen MR) is 58.5 cm³/mol. The van der Waals surface area contributed by atoms with Crippen molar-refractivity contribution in [2.75, 3.05) is 0 Å². The molecular formula is C11H11BrF2O. The number of hydrogen-bond donors (Lipinski definition) is 0. The summed E-state index contributed by atoms with van der Waals surface area (Å²) in [7, 11) is 0. The lowest BCUT2D eigenvalue weighted by atomic mass is 10.0. The Morgan fingerprint density at radius 3 is 2.47 bits per heavy atom. The molecule has 4 heteroatoms. The number of hydrogen-bond acceptors (Lipinski definition) is 1. The normalized spacial score (nSPS) is 12.9. The van der Waals surface area contributed by atoms with E-state index in [-0.39, 0.29) is 11.3 Å². The Labute approximate surface area is 95.6 Å². The molecule has 0 aliphatic rings. The second-order valence-corrected chi connectivity index (χ2v) is 4.31. The van der Waals surface area contributed by atoms with Crippen molar-refractivity contribution >= 4 is 21.7 Å². The minimum absolute atomic E-state index is 0.0156. The van der Waals surface area contributed by atoms with Crippen LogP contribution in [-0.4, -0.2) is 5.78 Å². The smallest absolute Gasteiger partial charge is 0.264 e. The van der Waals surface area contributed by atoms with Gasteiger partial charge in [0.2, 0.25) is 0 Å². The molecule has 0 aromatic heterocycles. The average Bonchev–Trinajstić information content (AvgIpc) is 2.16. The van der Waals surface area contributed by atoms with Gasteiger partial charge in [-0.1, -0.05) is 28.1 Å². The second kappa shape index (κ2) is 4.84. The van der Waals surface area contributed by atoms with Crippen LogP contribution in [0, 0.1) is 6.92 Å². The molecule has 82 valence electrons. The molecule has 15 heavy (non-hydrogen) atoms. The van der Waals surface area contributed by atoms with Gasteiger partial charge >= 0.3 is 0 Å². The van der Waals surface area contributed by atoms with E-state index in [0.717, 1.165) is 0 Å². The van der Waals surface area contributed by atoms with E-state index in [9.17, 15) is 13.6 Å². The largest absolute Gasteiger partial charge is 0.298 e. The Morgan fingerprint density at radius 1 is 1.40 bits per heavy atom. The highest BCUT2D eigenvalue weighted by atomic mass is 79.9. The summed E-state index contributed by atoms with van der Waals surface area (Å²) in [5, 5.41) is 0. The summed E-state index contributed by atoms with van der Waals surface area (Å²) < 4.78 is 25.1. The highest BCUT2D eigenvalue weighted by molar-refractivity contribution is 9.09. The van der Waals surface area contributed by atoms with Crippen molar-refractivity contribution in [3.8, 4) is 0 Å². The number of carbonyl (C=O) groups is 1. The molecule has 0 spiro atoms. The third kappa shape index (κ3) is 2.84. The first-order valence-corrected chi connectivity index (χ1v) is 5.38. The molecule has 0 amide bonds. The maximum Gasteiger partial charge on any atom is 0.264 e. The Morgan fingerprint density at radius 2 is 2.00 bits per heavy atom. The zero-order chi connectivity index (χ0) is 11.6. The van der Waals surface area contributed by atoms with Gasteiger partial charge in [0, 0.05) is 5.56 Å². The third-order valence-electron chi connectivity index (χ3n) is 2.19. The lowest BCUT2D eigenvalue weighted by molar-refractivity contribution is -0.116. The van der Waals surface area contributed by atoms with Crippen LogP contribution >= 0.6 is 15.9 Å². The van der Waals surface area contributed by atoms with Gasteiger partial charge in [-0.05, 0) is 31.0 Å². The van der Waals surface area contributed by atoms with Gasteiger partial charge in [-0.15, -0.1) is 0 Å². The van der Waals surface area contributed by atoms with E-state index in [1.165, 1.54) is 13.0 Å².